The Morgan fingerprint density at radius 3 is 2.78 bits per heavy atom. The molecule has 0 radical (unpaired) electrons. The minimum absolute atomic E-state index is 0.186. The highest BCUT2D eigenvalue weighted by Gasteiger charge is 1.99. The van der Waals surface area contributed by atoms with Crippen molar-refractivity contribution in [3.8, 4) is 0 Å². The molecular formula is C12H10ClIN2O2. The summed E-state index contributed by atoms with van der Waals surface area (Å²) in [5.41, 5.74) is 0.692. The lowest BCUT2D eigenvalue weighted by Gasteiger charge is -2.07. The number of aromatic nitrogens is 2. The molecule has 0 saturated heterocycles. The predicted octanol–water partition coefficient (Wildman–Crippen LogP) is 2.68. The smallest absolute Gasteiger partial charge is 0.349 e. The van der Waals surface area contributed by atoms with Gasteiger partial charge in [-0.05, 0) is 40.3 Å². The van der Waals surface area contributed by atoms with Crippen LogP contribution in [-0.2, 0) is 18.1 Å². The summed E-state index contributed by atoms with van der Waals surface area (Å²) in [6.45, 7) is 0.611. The molecule has 0 unspecified atom stereocenters. The van der Waals surface area contributed by atoms with E-state index in [0.717, 1.165) is 9.13 Å². The molecule has 0 fully saturated rings. The van der Waals surface area contributed by atoms with Crippen LogP contribution < -0.4 is 5.69 Å². The number of halogens is 2. The summed E-state index contributed by atoms with van der Waals surface area (Å²) in [5.74, 6) is 0. The third-order valence-electron chi connectivity index (χ3n) is 2.24. The van der Waals surface area contributed by atoms with Crippen LogP contribution >= 0.6 is 34.2 Å². The molecule has 0 bridgehead atoms. The number of nitrogens with zero attached hydrogens (tertiary/aromatic N) is 2. The van der Waals surface area contributed by atoms with Gasteiger partial charge in [0.1, 0.15) is 6.73 Å². The molecule has 0 aliphatic heterocycles. The first-order chi connectivity index (χ1) is 8.65. The Hall–Kier alpha value is -0.920. The van der Waals surface area contributed by atoms with Gasteiger partial charge in [0.25, 0.3) is 0 Å². The van der Waals surface area contributed by atoms with E-state index in [1.165, 1.54) is 10.8 Å². The lowest BCUT2D eigenvalue weighted by Crippen LogP contribution is -2.23. The van der Waals surface area contributed by atoms with E-state index in [1.807, 2.05) is 12.1 Å². The van der Waals surface area contributed by atoms with Crippen LogP contribution in [0.2, 0.25) is 5.02 Å². The maximum Gasteiger partial charge on any atom is 0.349 e. The van der Waals surface area contributed by atoms with Crippen LogP contribution in [0, 0.1) is 3.57 Å². The zero-order chi connectivity index (χ0) is 13.0. The average Bonchev–Trinajstić information content (AvgIpc) is 2.36. The molecule has 0 spiro atoms. The second kappa shape index (κ2) is 6.31. The minimum atomic E-state index is -0.313. The van der Waals surface area contributed by atoms with Gasteiger partial charge in [0.05, 0.1) is 6.61 Å². The van der Waals surface area contributed by atoms with Gasteiger partial charge >= 0.3 is 5.69 Å². The van der Waals surface area contributed by atoms with Gasteiger partial charge in [-0.2, -0.15) is 0 Å². The number of rotatable bonds is 4. The fourth-order valence-corrected chi connectivity index (χ4v) is 1.96. The molecule has 1 aromatic carbocycles. The first kappa shape index (κ1) is 13.5. The number of hydrogen-bond acceptors (Lipinski definition) is 3. The van der Waals surface area contributed by atoms with Crippen LogP contribution in [0.3, 0.4) is 0 Å². The zero-order valence-corrected chi connectivity index (χ0v) is 12.3. The Morgan fingerprint density at radius 2 is 2.06 bits per heavy atom. The second-order valence-corrected chi connectivity index (χ2v) is 5.31. The van der Waals surface area contributed by atoms with E-state index in [2.05, 4.69) is 27.6 Å². The first-order valence-electron chi connectivity index (χ1n) is 5.19. The van der Waals surface area contributed by atoms with Crippen molar-refractivity contribution in [1.82, 2.24) is 9.55 Å². The van der Waals surface area contributed by atoms with Crippen molar-refractivity contribution >= 4 is 34.2 Å². The number of ether oxygens (including phenoxy) is 1. The van der Waals surface area contributed by atoms with Gasteiger partial charge in [0, 0.05) is 21.0 Å². The molecular weight excluding hydrogens is 367 g/mol. The molecule has 0 saturated carbocycles. The van der Waals surface area contributed by atoms with E-state index in [4.69, 9.17) is 16.3 Å². The van der Waals surface area contributed by atoms with Crippen LogP contribution in [0.15, 0.2) is 41.5 Å². The summed E-state index contributed by atoms with van der Waals surface area (Å²) < 4.78 is 7.78. The Bertz CT molecular complexity index is 583. The molecule has 0 N–H and O–H groups in total. The molecule has 0 atom stereocenters. The molecule has 4 nitrogen and oxygen atoms in total. The van der Waals surface area contributed by atoms with Gasteiger partial charge in [-0.15, -0.1) is 0 Å². The zero-order valence-electron chi connectivity index (χ0n) is 9.35. The van der Waals surface area contributed by atoms with Gasteiger partial charge in [-0.25, -0.2) is 9.78 Å². The molecule has 0 aliphatic rings. The molecule has 1 heterocycles. The number of hydrogen-bond donors (Lipinski definition) is 0. The van der Waals surface area contributed by atoms with Crippen LogP contribution in [0.25, 0.3) is 0 Å². The molecule has 0 aliphatic carbocycles. The second-order valence-electron chi connectivity index (χ2n) is 3.63. The summed E-state index contributed by atoms with van der Waals surface area (Å²) in [6.07, 6.45) is 3.23. The van der Waals surface area contributed by atoms with Crippen LogP contribution in [0.4, 0.5) is 0 Å². The molecule has 2 rings (SSSR count). The first-order valence-corrected chi connectivity index (χ1v) is 6.65. The van der Waals surface area contributed by atoms with E-state index in [-0.39, 0.29) is 12.4 Å². The van der Waals surface area contributed by atoms with E-state index in [9.17, 15) is 4.79 Å². The summed E-state index contributed by atoms with van der Waals surface area (Å²) in [4.78, 5) is 15.1. The third kappa shape index (κ3) is 3.79. The molecule has 0 amide bonds. The Kier molecular flexibility index (Phi) is 4.73. The Morgan fingerprint density at radius 1 is 1.33 bits per heavy atom. The molecule has 1 aromatic heterocycles. The minimum Gasteiger partial charge on any atom is -0.356 e. The predicted molar refractivity (Wildman–Crippen MR) is 77.5 cm³/mol. The third-order valence-corrected chi connectivity index (χ3v) is 3.04. The van der Waals surface area contributed by atoms with Crippen molar-refractivity contribution in [2.45, 2.75) is 13.3 Å². The van der Waals surface area contributed by atoms with Crippen LogP contribution in [0.5, 0.6) is 0 Å². The van der Waals surface area contributed by atoms with Gasteiger partial charge < -0.3 is 4.74 Å². The molecule has 18 heavy (non-hydrogen) atoms. The average molecular weight is 377 g/mol. The van der Waals surface area contributed by atoms with Gasteiger partial charge in [0.15, 0.2) is 0 Å². The maximum atomic E-state index is 11.4. The lowest BCUT2D eigenvalue weighted by molar-refractivity contribution is 0.0607. The molecule has 2 aromatic rings. The van der Waals surface area contributed by atoms with Crippen molar-refractivity contribution in [3.05, 3.63) is 61.3 Å². The molecule has 6 heteroatoms. The lowest BCUT2D eigenvalue weighted by atomic mass is 10.2. The fraction of sp³-hybridized carbons (Fsp3) is 0.167. The van der Waals surface area contributed by atoms with Crippen LogP contribution in [-0.4, -0.2) is 9.55 Å². The molecule has 94 valence electrons. The fourth-order valence-electron chi connectivity index (χ4n) is 1.36. The normalized spacial score (nSPS) is 10.6. The van der Waals surface area contributed by atoms with Crippen molar-refractivity contribution in [3.63, 3.8) is 0 Å². The van der Waals surface area contributed by atoms with Gasteiger partial charge in [0.2, 0.25) is 0 Å². The number of benzene rings is 1. The Balaban J connectivity index is 1.94. The van der Waals surface area contributed by atoms with E-state index >= 15 is 0 Å². The van der Waals surface area contributed by atoms with Gasteiger partial charge in [-0.3, -0.25) is 4.57 Å². The van der Waals surface area contributed by atoms with Crippen molar-refractivity contribution in [1.29, 1.82) is 0 Å². The van der Waals surface area contributed by atoms with Crippen molar-refractivity contribution < 1.29 is 4.74 Å². The highest BCUT2D eigenvalue weighted by molar-refractivity contribution is 14.1. The summed E-state index contributed by atoms with van der Waals surface area (Å²) in [5, 5.41) is 0.691. The quantitative estimate of drug-likeness (QED) is 0.771. The monoisotopic (exact) mass is 376 g/mol. The van der Waals surface area contributed by atoms with Crippen molar-refractivity contribution in [2.75, 3.05) is 0 Å². The van der Waals surface area contributed by atoms with Crippen LogP contribution in [0.1, 0.15) is 5.56 Å². The van der Waals surface area contributed by atoms with Gasteiger partial charge in [-0.1, -0.05) is 23.7 Å². The maximum absolute atomic E-state index is 11.4. The summed E-state index contributed by atoms with van der Waals surface area (Å²) in [7, 11) is 0. The summed E-state index contributed by atoms with van der Waals surface area (Å²) >= 11 is 7.88. The van der Waals surface area contributed by atoms with E-state index in [0.29, 0.717) is 11.6 Å². The summed E-state index contributed by atoms with van der Waals surface area (Å²) in [6, 6.07) is 7.38. The topological polar surface area (TPSA) is 44.1 Å². The van der Waals surface area contributed by atoms with Crippen molar-refractivity contribution in [2.24, 2.45) is 0 Å². The van der Waals surface area contributed by atoms with E-state index in [1.54, 1.807) is 18.3 Å². The highest BCUT2D eigenvalue weighted by Crippen LogP contribution is 2.10. The highest BCUT2D eigenvalue weighted by atomic mass is 127. The SMILES string of the molecule is O=c1ncc(I)cn1COCc1ccc(Cl)cc1. The van der Waals surface area contributed by atoms with E-state index < -0.39 is 0 Å². The standard InChI is InChI=1S/C12H10ClIN2O2/c13-10-3-1-9(2-4-10)7-18-8-16-6-11(14)5-15-12(16)17/h1-6H,7-8H2. The Labute approximate surface area is 123 Å². The largest absolute Gasteiger partial charge is 0.356 e.